The van der Waals surface area contributed by atoms with Crippen LogP contribution < -0.4 is 10.6 Å². The summed E-state index contributed by atoms with van der Waals surface area (Å²) in [6, 6.07) is 9.37. The Kier molecular flexibility index (Phi) is 7.02. The SMILES string of the molecule is Cc1ccc(C(=O)OCC(=O)NCC(=O)Nc2cccc(C)c2C)cc1[N+](=O)[O-]. The molecule has 2 amide bonds. The van der Waals surface area contributed by atoms with Crippen LogP contribution in [0.4, 0.5) is 11.4 Å². The van der Waals surface area contributed by atoms with Gasteiger partial charge in [0, 0.05) is 17.3 Å². The number of carbonyl (C=O) groups is 3. The summed E-state index contributed by atoms with van der Waals surface area (Å²) in [6.45, 7) is 4.43. The molecule has 0 radical (unpaired) electrons. The molecular weight excluding hydrogens is 378 g/mol. The Morgan fingerprint density at radius 3 is 2.45 bits per heavy atom. The van der Waals surface area contributed by atoms with Crippen molar-refractivity contribution in [3.05, 3.63) is 68.8 Å². The maximum atomic E-state index is 12.0. The van der Waals surface area contributed by atoms with Crippen molar-refractivity contribution in [1.82, 2.24) is 5.32 Å². The molecule has 9 heteroatoms. The molecule has 0 bridgehead atoms. The highest BCUT2D eigenvalue weighted by Crippen LogP contribution is 2.20. The average molecular weight is 399 g/mol. The third-order valence-electron chi connectivity index (χ3n) is 4.30. The quantitative estimate of drug-likeness (QED) is 0.418. The second-order valence-electron chi connectivity index (χ2n) is 6.41. The molecule has 0 saturated carbocycles. The van der Waals surface area contributed by atoms with Gasteiger partial charge in [0.1, 0.15) is 0 Å². The van der Waals surface area contributed by atoms with Crippen LogP contribution in [-0.2, 0) is 14.3 Å². The second kappa shape index (κ2) is 9.45. The van der Waals surface area contributed by atoms with E-state index in [0.29, 0.717) is 11.3 Å². The smallest absolute Gasteiger partial charge is 0.338 e. The molecule has 2 rings (SSSR count). The van der Waals surface area contributed by atoms with Crippen molar-refractivity contribution >= 4 is 29.2 Å². The van der Waals surface area contributed by atoms with E-state index in [1.807, 2.05) is 26.0 Å². The van der Waals surface area contributed by atoms with Crippen LogP contribution >= 0.6 is 0 Å². The standard InChI is InChI=1S/C20H21N3O6/c1-12-5-4-6-16(14(12)3)22-18(24)10-21-19(25)11-29-20(26)15-8-7-13(2)17(9-15)23(27)28/h4-9H,10-11H2,1-3H3,(H,21,25)(H,22,24). The van der Waals surface area contributed by atoms with Gasteiger partial charge < -0.3 is 15.4 Å². The van der Waals surface area contributed by atoms with Gasteiger partial charge in [-0.15, -0.1) is 0 Å². The molecule has 2 aromatic rings. The van der Waals surface area contributed by atoms with Crippen molar-refractivity contribution in [2.45, 2.75) is 20.8 Å². The number of nitrogens with one attached hydrogen (secondary N) is 2. The van der Waals surface area contributed by atoms with Crippen LogP contribution in [0.5, 0.6) is 0 Å². The van der Waals surface area contributed by atoms with Crippen LogP contribution in [0.3, 0.4) is 0 Å². The average Bonchev–Trinajstić information content (AvgIpc) is 2.68. The molecule has 2 N–H and O–H groups in total. The summed E-state index contributed by atoms with van der Waals surface area (Å²) in [5.41, 5.74) is 2.74. The zero-order valence-corrected chi connectivity index (χ0v) is 16.3. The lowest BCUT2D eigenvalue weighted by Gasteiger charge is -2.11. The fourth-order valence-electron chi connectivity index (χ4n) is 2.46. The van der Waals surface area contributed by atoms with Crippen molar-refractivity contribution in [3.8, 4) is 0 Å². The fraction of sp³-hybridized carbons (Fsp3) is 0.250. The Hall–Kier alpha value is -3.75. The van der Waals surface area contributed by atoms with E-state index in [0.717, 1.165) is 17.2 Å². The van der Waals surface area contributed by atoms with Crippen molar-refractivity contribution in [3.63, 3.8) is 0 Å². The normalized spacial score (nSPS) is 10.2. The molecule has 0 atom stereocenters. The molecular formula is C20H21N3O6. The molecule has 0 aliphatic rings. The molecule has 0 saturated heterocycles. The van der Waals surface area contributed by atoms with E-state index >= 15 is 0 Å². The van der Waals surface area contributed by atoms with E-state index in [1.165, 1.54) is 12.1 Å². The zero-order valence-electron chi connectivity index (χ0n) is 16.3. The molecule has 0 heterocycles. The molecule has 0 aliphatic carbocycles. The number of esters is 1. The van der Waals surface area contributed by atoms with Crippen molar-refractivity contribution in [2.24, 2.45) is 0 Å². The first kappa shape index (κ1) is 21.5. The number of nitro groups is 1. The summed E-state index contributed by atoms with van der Waals surface area (Å²) in [7, 11) is 0. The topological polar surface area (TPSA) is 128 Å². The molecule has 2 aromatic carbocycles. The number of carbonyl (C=O) groups excluding carboxylic acids is 3. The van der Waals surface area contributed by atoms with Crippen LogP contribution in [0.25, 0.3) is 0 Å². The van der Waals surface area contributed by atoms with Crippen molar-refractivity contribution < 1.29 is 24.0 Å². The number of ether oxygens (including phenoxy) is 1. The molecule has 0 aromatic heterocycles. The first-order valence-electron chi connectivity index (χ1n) is 8.74. The number of hydrogen-bond acceptors (Lipinski definition) is 6. The largest absolute Gasteiger partial charge is 0.452 e. The number of nitrogens with zero attached hydrogens (tertiary/aromatic N) is 1. The van der Waals surface area contributed by atoms with Gasteiger partial charge in [-0.3, -0.25) is 19.7 Å². The summed E-state index contributed by atoms with van der Waals surface area (Å²) in [6.07, 6.45) is 0. The van der Waals surface area contributed by atoms with E-state index in [9.17, 15) is 24.5 Å². The van der Waals surface area contributed by atoms with Crippen LogP contribution in [-0.4, -0.2) is 35.9 Å². The highest BCUT2D eigenvalue weighted by molar-refractivity contribution is 5.96. The molecule has 0 aliphatic heterocycles. The van der Waals surface area contributed by atoms with Crippen molar-refractivity contribution in [2.75, 3.05) is 18.5 Å². The first-order valence-corrected chi connectivity index (χ1v) is 8.74. The fourth-order valence-corrected chi connectivity index (χ4v) is 2.46. The van der Waals surface area contributed by atoms with Gasteiger partial charge in [0.15, 0.2) is 6.61 Å². The van der Waals surface area contributed by atoms with Crippen LogP contribution in [0.1, 0.15) is 27.0 Å². The van der Waals surface area contributed by atoms with E-state index in [-0.39, 0.29) is 17.8 Å². The number of amides is 2. The Bertz CT molecular complexity index is 971. The second-order valence-corrected chi connectivity index (χ2v) is 6.41. The predicted octanol–water partition coefficient (Wildman–Crippen LogP) is 2.43. The van der Waals surface area contributed by atoms with Crippen LogP contribution in [0.15, 0.2) is 36.4 Å². The van der Waals surface area contributed by atoms with E-state index < -0.39 is 29.3 Å². The molecule has 152 valence electrons. The maximum Gasteiger partial charge on any atom is 0.338 e. The van der Waals surface area contributed by atoms with E-state index in [2.05, 4.69) is 10.6 Å². The third-order valence-corrected chi connectivity index (χ3v) is 4.30. The van der Waals surface area contributed by atoms with Gasteiger partial charge >= 0.3 is 5.97 Å². The Balaban J connectivity index is 1.83. The Morgan fingerprint density at radius 2 is 1.76 bits per heavy atom. The number of hydrogen-bond donors (Lipinski definition) is 2. The first-order chi connectivity index (χ1) is 13.7. The highest BCUT2D eigenvalue weighted by atomic mass is 16.6. The third kappa shape index (κ3) is 5.86. The molecule has 0 unspecified atom stereocenters. The Morgan fingerprint density at radius 1 is 1.03 bits per heavy atom. The molecule has 0 fully saturated rings. The number of rotatable bonds is 7. The van der Waals surface area contributed by atoms with Crippen molar-refractivity contribution in [1.29, 1.82) is 0 Å². The zero-order chi connectivity index (χ0) is 21.6. The minimum Gasteiger partial charge on any atom is -0.452 e. The Labute approximate surface area is 167 Å². The van der Waals surface area contributed by atoms with Gasteiger partial charge in [-0.1, -0.05) is 18.2 Å². The highest BCUT2D eigenvalue weighted by Gasteiger charge is 2.17. The van der Waals surface area contributed by atoms with E-state index in [4.69, 9.17) is 4.74 Å². The summed E-state index contributed by atoms with van der Waals surface area (Å²) >= 11 is 0. The van der Waals surface area contributed by atoms with Crippen LogP contribution in [0.2, 0.25) is 0 Å². The molecule has 9 nitrogen and oxygen atoms in total. The lowest BCUT2D eigenvalue weighted by atomic mass is 10.1. The van der Waals surface area contributed by atoms with Gasteiger partial charge in [0.05, 0.1) is 17.0 Å². The minimum atomic E-state index is -0.872. The van der Waals surface area contributed by atoms with Gasteiger partial charge in [-0.25, -0.2) is 4.79 Å². The minimum absolute atomic E-state index is 0.0391. The van der Waals surface area contributed by atoms with Gasteiger partial charge in [0.25, 0.3) is 11.6 Å². The monoisotopic (exact) mass is 399 g/mol. The number of nitro benzene ring substituents is 1. The van der Waals surface area contributed by atoms with Gasteiger partial charge in [-0.2, -0.15) is 0 Å². The lowest BCUT2D eigenvalue weighted by molar-refractivity contribution is -0.385. The van der Waals surface area contributed by atoms with Gasteiger partial charge in [0.2, 0.25) is 5.91 Å². The molecule has 0 spiro atoms. The maximum absolute atomic E-state index is 12.0. The number of aryl methyl sites for hydroxylation is 2. The van der Waals surface area contributed by atoms with Crippen LogP contribution in [0, 0.1) is 30.9 Å². The summed E-state index contributed by atoms with van der Waals surface area (Å²) in [4.78, 5) is 46.1. The van der Waals surface area contributed by atoms with E-state index in [1.54, 1.807) is 13.0 Å². The number of anilines is 1. The summed E-state index contributed by atoms with van der Waals surface area (Å²) < 4.78 is 4.84. The predicted molar refractivity (Wildman–Crippen MR) is 106 cm³/mol. The number of benzene rings is 2. The summed E-state index contributed by atoms with van der Waals surface area (Å²) in [5, 5.41) is 16.0. The lowest BCUT2D eigenvalue weighted by Crippen LogP contribution is -2.35. The van der Waals surface area contributed by atoms with Gasteiger partial charge in [-0.05, 0) is 44.0 Å². The molecule has 29 heavy (non-hydrogen) atoms. The summed E-state index contributed by atoms with van der Waals surface area (Å²) in [5.74, 6) is -1.97.